The van der Waals surface area contributed by atoms with Crippen molar-refractivity contribution in [2.75, 3.05) is 6.54 Å². The molecule has 0 saturated heterocycles. The maximum Gasteiger partial charge on any atom is 0.234 e. The third-order valence-corrected chi connectivity index (χ3v) is 3.14. The first kappa shape index (κ1) is 14.2. The lowest BCUT2D eigenvalue weighted by Crippen LogP contribution is -2.37. The molecule has 104 valence electrons. The number of carbonyl (C=O) groups is 1. The van der Waals surface area contributed by atoms with Crippen molar-refractivity contribution in [3.63, 3.8) is 0 Å². The monoisotopic (exact) mass is 288 g/mol. The minimum absolute atomic E-state index is 0.177. The number of aromatic nitrogens is 2. The molecule has 0 radical (unpaired) electrons. The standard InChI is InChI=1S/C14H16N4OS/c15-13(20)12(11-4-2-1-3-5-11)14(19)17-7-9-18-8-6-16-10-18/h1-6,8,10,12H,7,9H2,(H2,15,20)(H,17,19). The van der Waals surface area contributed by atoms with Crippen LogP contribution in [0.15, 0.2) is 49.1 Å². The number of nitrogens with two attached hydrogens (primary N) is 1. The van der Waals surface area contributed by atoms with Gasteiger partial charge in [0.05, 0.1) is 11.3 Å². The molecule has 0 aliphatic heterocycles. The van der Waals surface area contributed by atoms with E-state index >= 15 is 0 Å². The molecule has 1 atom stereocenters. The lowest BCUT2D eigenvalue weighted by Gasteiger charge is -2.16. The molecule has 20 heavy (non-hydrogen) atoms. The normalized spacial score (nSPS) is 11.8. The average molecular weight is 288 g/mol. The van der Waals surface area contributed by atoms with Crippen LogP contribution >= 0.6 is 12.2 Å². The number of amides is 1. The summed E-state index contributed by atoms with van der Waals surface area (Å²) in [6.45, 7) is 1.16. The molecule has 0 bridgehead atoms. The minimum atomic E-state index is -0.589. The SMILES string of the molecule is NC(=S)C(C(=O)NCCn1ccnc1)c1ccccc1. The first-order valence-corrected chi connectivity index (χ1v) is 6.67. The molecule has 1 aromatic carbocycles. The number of thiocarbonyl (C=S) groups is 1. The highest BCUT2D eigenvalue weighted by molar-refractivity contribution is 7.80. The van der Waals surface area contributed by atoms with Crippen LogP contribution in [-0.4, -0.2) is 27.0 Å². The van der Waals surface area contributed by atoms with Gasteiger partial charge >= 0.3 is 0 Å². The molecule has 2 aromatic rings. The molecule has 0 aliphatic rings. The van der Waals surface area contributed by atoms with Crippen molar-refractivity contribution < 1.29 is 4.79 Å². The topological polar surface area (TPSA) is 72.9 Å². The molecule has 2 rings (SSSR count). The molecule has 0 spiro atoms. The Bertz CT molecular complexity index is 568. The Morgan fingerprint density at radius 3 is 2.75 bits per heavy atom. The molecule has 0 saturated carbocycles. The summed E-state index contributed by atoms with van der Waals surface area (Å²) in [6, 6.07) is 9.30. The second-order valence-electron chi connectivity index (χ2n) is 4.34. The smallest absolute Gasteiger partial charge is 0.234 e. The summed E-state index contributed by atoms with van der Waals surface area (Å²) in [7, 11) is 0. The fourth-order valence-corrected chi connectivity index (χ4v) is 2.16. The van der Waals surface area contributed by atoms with Gasteiger partial charge in [-0.3, -0.25) is 4.79 Å². The van der Waals surface area contributed by atoms with E-state index in [0.717, 1.165) is 5.56 Å². The number of rotatable bonds is 6. The summed E-state index contributed by atoms with van der Waals surface area (Å²) < 4.78 is 1.89. The van der Waals surface area contributed by atoms with Gasteiger partial charge in [0.15, 0.2) is 0 Å². The molecule has 0 fully saturated rings. The number of nitrogens with one attached hydrogen (secondary N) is 1. The molecule has 6 heteroatoms. The largest absolute Gasteiger partial charge is 0.392 e. The fourth-order valence-electron chi connectivity index (χ4n) is 1.92. The van der Waals surface area contributed by atoms with Crippen molar-refractivity contribution in [3.05, 3.63) is 54.6 Å². The van der Waals surface area contributed by atoms with E-state index in [1.165, 1.54) is 0 Å². The van der Waals surface area contributed by atoms with E-state index in [2.05, 4.69) is 10.3 Å². The Hall–Kier alpha value is -2.21. The van der Waals surface area contributed by atoms with E-state index in [1.54, 1.807) is 12.5 Å². The number of imidazole rings is 1. The van der Waals surface area contributed by atoms with Crippen molar-refractivity contribution in [2.45, 2.75) is 12.5 Å². The van der Waals surface area contributed by atoms with Crippen LogP contribution in [0.3, 0.4) is 0 Å². The lowest BCUT2D eigenvalue weighted by molar-refractivity contribution is -0.121. The zero-order chi connectivity index (χ0) is 14.4. The Morgan fingerprint density at radius 2 is 2.15 bits per heavy atom. The van der Waals surface area contributed by atoms with E-state index in [0.29, 0.717) is 13.1 Å². The van der Waals surface area contributed by atoms with Gasteiger partial charge in [-0.2, -0.15) is 0 Å². The highest BCUT2D eigenvalue weighted by Crippen LogP contribution is 2.16. The zero-order valence-corrected chi connectivity index (χ0v) is 11.7. The van der Waals surface area contributed by atoms with E-state index in [9.17, 15) is 4.79 Å². The maximum atomic E-state index is 12.2. The Balaban J connectivity index is 1.96. The molecule has 5 nitrogen and oxygen atoms in total. The average Bonchev–Trinajstić information content (AvgIpc) is 2.93. The summed E-state index contributed by atoms with van der Waals surface area (Å²) in [6.07, 6.45) is 5.24. The molecule has 1 amide bonds. The number of hydrogen-bond donors (Lipinski definition) is 2. The predicted octanol–water partition coefficient (Wildman–Crippen LogP) is 1.07. The van der Waals surface area contributed by atoms with Crippen LogP contribution in [0.2, 0.25) is 0 Å². The number of hydrogen-bond acceptors (Lipinski definition) is 3. The molecule has 3 N–H and O–H groups in total. The molecular formula is C14H16N4OS. The van der Waals surface area contributed by atoms with Gasteiger partial charge < -0.3 is 15.6 Å². The van der Waals surface area contributed by atoms with E-state index in [1.807, 2.05) is 41.1 Å². The zero-order valence-electron chi connectivity index (χ0n) is 10.9. The van der Waals surface area contributed by atoms with E-state index < -0.39 is 5.92 Å². The van der Waals surface area contributed by atoms with Crippen molar-refractivity contribution in [3.8, 4) is 0 Å². The number of benzene rings is 1. The van der Waals surface area contributed by atoms with Crippen LogP contribution in [0.5, 0.6) is 0 Å². The lowest BCUT2D eigenvalue weighted by atomic mass is 9.98. The Labute approximate surface area is 122 Å². The number of carbonyl (C=O) groups excluding carboxylic acids is 1. The van der Waals surface area contributed by atoms with Crippen molar-refractivity contribution in [1.82, 2.24) is 14.9 Å². The Morgan fingerprint density at radius 1 is 1.40 bits per heavy atom. The molecular weight excluding hydrogens is 272 g/mol. The van der Waals surface area contributed by atoms with Crippen LogP contribution in [0.25, 0.3) is 0 Å². The first-order valence-electron chi connectivity index (χ1n) is 6.26. The summed E-state index contributed by atoms with van der Waals surface area (Å²) in [4.78, 5) is 16.3. The molecule has 1 aromatic heterocycles. The summed E-state index contributed by atoms with van der Waals surface area (Å²) in [5.74, 6) is -0.766. The summed E-state index contributed by atoms with van der Waals surface area (Å²) >= 11 is 5.01. The fraction of sp³-hybridized carbons (Fsp3) is 0.214. The van der Waals surface area contributed by atoms with Gasteiger partial charge in [-0.15, -0.1) is 0 Å². The maximum absolute atomic E-state index is 12.2. The van der Waals surface area contributed by atoms with Gasteiger partial charge in [-0.1, -0.05) is 42.5 Å². The highest BCUT2D eigenvalue weighted by Gasteiger charge is 2.22. The predicted molar refractivity (Wildman–Crippen MR) is 81.2 cm³/mol. The van der Waals surface area contributed by atoms with Crippen LogP contribution in [-0.2, 0) is 11.3 Å². The third kappa shape index (κ3) is 3.64. The Kier molecular flexibility index (Phi) is 4.84. The van der Waals surface area contributed by atoms with Crippen LogP contribution < -0.4 is 11.1 Å². The molecule has 1 unspecified atom stereocenters. The first-order chi connectivity index (χ1) is 9.68. The quantitative estimate of drug-likeness (QED) is 0.780. The van der Waals surface area contributed by atoms with Gasteiger partial charge in [0.1, 0.15) is 5.92 Å². The van der Waals surface area contributed by atoms with E-state index in [-0.39, 0.29) is 10.9 Å². The van der Waals surface area contributed by atoms with Crippen molar-refractivity contribution >= 4 is 23.1 Å². The second kappa shape index (κ2) is 6.81. The van der Waals surface area contributed by atoms with E-state index in [4.69, 9.17) is 18.0 Å². The second-order valence-corrected chi connectivity index (χ2v) is 4.81. The van der Waals surface area contributed by atoms with Crippen molar-refractivity contribution in [1.29, 1.82) is 0 Å². The van der Waals surface area contributed by atoms with Crippen LogP contribution in [0.1, 0.15) is 11.5 Å². The highest BCUT2D eigenvalue weighted by atomic mass is 32.1. The summed E-state index contributed by atoms with van der Waals surface area (Å²) in [5.41, 5.74) is 6.50. The third-order valence-electron chi connectivity index (χ3n) is 2.91. The summed E-state index contributed by atoms with van der Waals surface area (Å²) in [5, 5.41) is 2.85. The van der Waals surface area contributed by atoms with Gasteiger partial charge in [-0.05, 0) is 5.56 Å². The van der Waals surface area contributed by atoms with Gasteiger partial charge in [0.2, 0.25) is 5.91 Å². The number of nitrogens with zero attached hydrogens (tertiary/aromatic N) is 2. The van der Waals surface area contributed by atoms with Crippen LogP contribution in [0.4, 0.5) is 0 Å². The van der Waals surface area contributed by atoms with Gasteiger partial charge in [0.25, 0.3) is 0 Å². The molecule has 1 heterocycles. The molecule has 0 aliphatic carbocycles. The van der Waals surface area contributed by atoms with Gasteiger partial charge in [-0.25, -0.2) is 4.98 Å². The van der Waals surface area contributed by atoms with Crippen LogP contribution in [0, 0.1) is 0 Å². The van der Waals surface area contributed by atoms with Crippen molar-refractivity contribution in [2.24, 2.45) is 5.73 Å². The minimum Gasteiger partial charge on any atom is -0.392 e. The van der Waals surface area contributed by atoms with Gasteiger partial charge in [0, 0.05) is 25.5 Å².